The number of nitrogens with one attached hydrogen (secondary N) is 1. The second-order valence-corrected chi connectivity index (χ2v) is 6.73. The Morgan fingerprint density at radius 3 is 2.39 bits per heavy atom. The van der Waals surface area contributed by atoms with E-state index in [1.807, 2.05) is 36.4 Å². The normalized spacial score (nSPS) is 12.0. The van der Waals surface area contributed by atoms with Crippen LogP contribution in [0.4, 0.5) is 10.1 Å². The fourth-order valence-electron chi connectivity index (χ4n) is 3.16. The van der Waals surface area contributed by atoms with Gasteiger partial charge < -0.3 is 9.73 Å². The van der Waals surface area contributed by atoms with Gasteiger partial charge in [-0.25, -0.2) is 4.39 Å². The van der Waals surface area contributed by atoms with E-state index in [0.29, 0.717) is 11.5 Å². The zero-order chi connectivity index (χ0) is 19.5. The molecule has 0 radical (unpaired) electrons. The Morgan fingerprint density at radius 2 is 1.64 bits per heavy atom. The van der Waals surface area contributed by atoms with Crippen molar-refractivity contribution in [2.24, 2.45) is 0 Å². The first kappa shape index (κ1) is 17.9. The number of halogens is 1. The molecule has 0 amide bonds. The lowest BCUT2D eigenvalue weighted by Gasteiger charge is -2.19. The van der Waals surface area contributed by atoms with E-state index in [4.69, 9.17) is 4.42 Å². The van der Waals surface area contributed by atoms with E-state index in [-0.39, 0.29) is 11.9 Å². The van der Waals surface area contributed by atoms with Crippen LogP contribution in [-0.4, -0.2) is 10.2 Å². The monoisotopic (exact) mass is 373 g/mol. The minimum absolute atomic E-state index is 0.163. The lowest BCUT2D eigenvalue weighted by atomic mass is 10.0. The average Bonchev–Trinajstić information content (AvgIpc) is 3.18. The molecule has 1 aromatic heterocycles. The van der Waals surface area contributed by atoms with Crippen LogP contribution in [0.1, 0.15) is 28.6 Å². The van der Waals surface area contributed by atoms with Gasteiger partial charge in [0.05, 0.1) is 5.56 Å². The van der Waals surface area contributed by atoms with Crippen LogP contribution in [0.2, 0.25) is 0 Å². The maximum Gasteiger partial charge on any atom is 0.250 e. The highest BCUT2D eigenvalue weighted by atomic mass is 19.1. The van der Waals surface area contributed by atoms with Gasteiger partial charge in [-0.05, 0) is 43.2 Å². The van der Waals surface area contributed by atoms with Gasteiger partial charge in [-0.1, -0.05) is 60.2 Å². The van der Waals surface area contributed by atoms with Gasteiger partial charge in [0.1, 0.15) is 11.9 Å². The maximum atomic E-state index is 14.1. The minimum Gasteiger partial charge on any atom is -0.418 e. The molecule has 1 heterocycles. The van der Waals surface area contributed by atoms with Crippen molar-refractivity contribution in [2.75, 3.05) is 5.32 Å². The second-order valence-electron chi connectivity index (χ2n) is 6.73. The molecule has 28 heavy (non-hydrogen) atoms. The van der Waals surface area contributed by atoms with E-state index in [2.05, 4.69) is 41.5 Å². The second kappa shape index (κ2) is 7.64. The van der Waals surface area contributed by atoms with Gasteiger partial charge in [0, 0.05) is 5.69 Å². The quantitative estimate of drug-likeness (QED) is 0.488. The van der Waals surface area contributed by atoms with Gasteiger partial charge in [0.25, 0.3) is 5.89 Å². The molecule has 3 aromatic carbocycles. The average molecular weight is 373 g/mol. The van der Waals surface area contributed by atoms with Gasteiger partial charge in [-0.3, -0.25) is 0 Å². The first-order valence-corrected chi connectivity index (χ1v) is 9.09. The summed E-state index contributed by atoms with van der Waals surface area (Å²) in [6.45, 7) is 4.11. The van der Waals surface area contributed by atoms with Crippen molar-refractivity contribution in [1.82, 2.24) is 10.2 Å². The standard InChI is InChI=1S/C23H20FN3O/c1-15-12-13-20(16(2)14-15)25-21(17-8-4-3-5-9-17)23-27-26-22(28-23)18-10-6-7-11-19(18)24/h3-14,21,25H,1-2H3. The molecule has 0 aliphatic rings. The summed E-state index contributed by atoms with van der Waals surface area (Å²) in [5, 5.41) is 11.8. The number of nitrogens with zero attached hydrogens (tertiary/aromatic N) is 2. The maximum absolute atomic E-state index is 14.1. The molecule has 4 nitrogen and oxygen atoms in total. The molecule has 0 saturated carbocycles. The highest BCUT2D eigenvalue weighted by Gasteiger charge is 2.22. The molecule has 0 aliphatic heterocycles. The van der Waals surface area contributed by atoms with Crippen LogP contribution in [0.5, 0.6) is 0 Å². The summed E-state index contributed by atoms with van der Waals surface area (Å²) < 4.78 is 20.0. The zero-order valence-corrected chi connectivity index (χ0v) is 15.7. The van der Waals surface area contributed by atoms with E-state index in [1.54, 1.807) is 18.2 Å². The summed E-state index contributed by atoms with van der Waals surface area (Å²) in [7, 11) is 0. The largest absolute Gasteiger partial charge is 0.418 e. The van der Waals surface area contributed by atoms with Crippen LogP contribution in [0.25, 0.3) is 11.5 Å². The molecule has 1 unspecified atom stereocenters. The van der Waals surface area contributed by atoms with Crippen LogP contribution in [-0.2, 0) is 0 Å². The molecular weight excluding hydrogens is 353 g/mol. The summed E-state index contributed by atoms with van der Waals surface area (Å²) in [5.41, 5.74) is 4.56. The predicted octanol–water partition coefficient (Wildman–Crippen LogP) is 5.69. The summed E-state index contributed by atoms with van der Waals surface area (Å²) in [6, 6.07) is 22.1. The van der Waals surface area contributed by atoms with Gasteiger partial charge >= 0.3 is 0 Å². The van der Waals surface area contributed by atoms with Gasteiger partial charge in [0.15, 0.2) is 0 Å². The molecule has 0 bridgehead atoms. The van der Waals surface area contributed by atoms with Gasteiger partial charge in [-0.2, -0.15) is 0 Å². The SMILES string of the molecule is Cc1ccc(NC(c2ccccc2)c2nnc(-c3ccccc3F)o2)c(C)c1. The van der Waals surface area contributed by atoms with Crippen molar-refractivity contribution in [3.63, 3.8) is 0 Å². The van der Waals surface area contributed by atoms with Crippen LogP contribution >= 0.6 is 0 Å². The Hall–Kier alpha value is -3.47. The molecule has 4 rings (SSSR count). The van der Waals surface area contributed by atoms with Crippen molar-refractivity contribution in [3.8, 4) is 11.5 Å². The topological polar surface area (TPSA) is 51.0 Å². The summed E-state index contributed by atoms with van der Waals surface area (Å²) in [4.78, 5) is 0. The number of aryl methyl sites for hydroxylation is 2. The highest BCUT2D eigenvalue weighted by molar-refractivity contribution is 5.56. The lowest BCUT2D eigenvalue weighted by Crippen LogP contribution is -2.13. The predicted molar refractivity (Wildman–Crippen MR) is 108 cm³/mol. The number of benzene rings is 3. The molecule has 0 aliphatic carbocycles. The molecule has 0 fully saturated rings. The summed E-state index contributed by atoms with van der Waals surface area (Å²) >= 11 is 0. The van der Waals surface area contributed by atoms with E-state index in [1.165, 1.54) is 11.6 Å². The first-order chi connectivity index (χ1) is 13.6. The molecule has 1 atom stereocenters. The molecule has 140 valence electrons. The molecular formula is C23H20FN3O. The van der Waals surface area contributed by atoms with E-state index >= 15 is 0 Å². The van der Waals surface area contributed by atoms with Crippen molar-refractivity contribution in [1.29, 1.82) is 0 Å². The summed E-state index contributed by atoms with van der Waals surface area (Å²) in [5.74, 6) is 0.150. The number of hydrogen-bond acceptors (Lipinski definition) is 4. The van der Waals surface area contributed by atoms with Crippen LogP contribution in [0, 0.1) is 19.7 Å². The van der Waals surface area contributed by atoms with Crippen LogP contribution in [0.3, 0.4) is 0 Å². The molecule has 4 aromatic rings. The Morgan fingerprint density at radius 1 is 0.893 bits per heavy atom. The number of rotatable bonds is 5. The molecule has 5 heteroatoms. The van der Waals surface area contributed by atoms with Gasteiger partial charge in [0.2, 0.25) is 5.89 Å². The molecule has 0 saturated heterocycles. The van der Waals surface area contributed by atoms with E-state index in [0.717, 1.165) is 16.8 Å². The van der Waals surface area contributed by atoms with Gasteiger partial charge in [-0.15, -0.1) is 10.2 Å². The number of aromatic nitrogens is 2. The van der Waals surface area contributed by atoms with E-state index in [9.17, 15) is 4.39 Å². The summed E-state index contributed by atoms with van der Waals surface area (Å²) in [6.07, 6.45) is 0. The molecule has 0 spiro atoms. The third-order valence-corrected chi connectivity index (χ3v) is 4.61. The number of anilines is 1. The zero-order valence-electron chi connectivity index (χ0n) is 15.7. The van der Waals surface area contributed by atoms with Crippen molar-refractivity contribution >= 4 is 5.69 Å². The van der Waals surface area contributed by atoms with Crippen molar-refractivity contribution < 1.29 is 8.81 Å². The molecule has 1 N–H and O–H groups in total. The smallest absolute Gasteiger partial charge is 0.250 e. The third kappa shape index (κ3) is 3.64. The van der Waals surface area contributed by atoms with Crippen molar-refractivity contribution in [3.05, 3.63) is 101 Å². The lowest BCUT2D eigenvalue weighted by molar-refractivity contribution is 0.490. The fourth-order valence-corrected chi connectivity index (χ4v) is 3.16. The van der Waals surface area contributed by atoms with Crippen LogP contribution < -0.4 is 5.32 Å². The minimum atomic E-state index is -0.392. The fraction of sp³-hybridized carbons (Fsp3) is 0.130. The van der Waals surface area contributed by atoms with Crippen molar-refractivity contribution in [2.45, 2.75) is 19.9 Å². The Labute approximate surface area is 163 Å². The number of hydrogen-bond donors (Lipinski definition) is 1. The van der Waals surface area contributed by atoms with Crippen LogP contribution in [0.15, 0.2) is 77.2 Å². The first-order valence-electron chi connectivity index (χ1n) is 9.09. The third-order valence-electron chi connectivity index (χ3n) is 4.61. The van der Waals surface area contributed by atoms with E-state index < -0.39 is 5.82 Å². The highest BCUT2D eigenvalue weighted by Crippen LogP contribution is 2.30. The Balaban J connectivity index is 1.73. The Bertz CT molecular complexity index is 1090. The Kier molecular flexibility index (Phi) is 4.89.